The first-order valence-corrected chi connectivity index (χ1v) is 6.48. The van der Waals surface area contributed by atoms with E-state index in [0.717, 1.165) is 27.8 Å². The molecule has 4 heteroatoms. The molecule has 0 radical (unpaired) electrons. The van der Waals surface area contributed by atoms with Crippen molar-refractivity contribution in [3.63, 3.8) is 0 Å². The largest absolute Gasteiger partial charge is 0.382 e. The van der Waals surface area contributed by atoms with Gasteiger partial charge in [-0.25, -0.2) is 0 Å². The predicted octanol–water partition coefficient (Wildman–Crippen LogP) is 4.05. The van der Waals surface area contributed by atoms with Gasteiger partial charge in [0.05, 0.1) is 12.7 Å². The summed E-state index contributed by atoms with van der Waals surface area (Å²) in [6.45, 7) is 5.61. The van der Waals surface area contributed by atoms with Crippen molar-refractivity contribution in [2.75, 3.05) is 18.5 Å². The highest BCUT2D eigenvalue weighted by atomic mass is 79.9. The molecule has 0 aliphatic rings. The molecule has 0 saturated carbocycles. The van der Waals surface area contributed by atoms with Gasteiger partial charge in [0, 0.05) is 21.2 Å². The third kappa shape index (κ3) is 5.00. The van der Waals surface area contributed by atoms with Gasteiger partial charge in [0.15, 0.2) is 0 Å². The minimum atomic E-state index is 0.292. The lowest BCUT2D eigenvalue weighted by Crippen LogP contribution is -2.13. The number of rotatable bonds is 5. The molecule has 0 aliphatic heterocycles. The molecule has 2 nitrogen and oxygen atoms in total. The van der Waals surface area contributed by atoms with Gasteiger partial charge in [-0.1, -0.05) is 15.9 Å². The zero-order chi connectivity index (χ0) is 11.3. The molecule has 0 heterocycles. The van der Waals surface area contributed by atoms with Crippen molar-refractivity contribution in [1.82, 2.24) is 0 Å². The van der Waals surface area contributed by atoms with Crippen molar-refractivity contribution < 1.29 is 4.74 Å². The average molecular weight is 337 g/mol. The van der Waals surface area contributed by atoms with Gasteiger partial charge in [-0.3, -0.25) is 0 Å². The van der Waals surface area contributed by atoms with Crippen LogP contribution >= 0.6 is 31.9 Å². The molecule has 0 unspecified atom stereocenters. The molecule has 0 aromatic heterocycles. The summed E-state index contributed by atoms with van der Waals surface area (Å²) in [5.74, 6) is 0. The average Bonchev–Trinajstić information content (AvgIpc) is 2.14. The highest BCUT2D eigenvalue weighted by Crippen LogP contribution is 2.25. The van der Waals surface area contributed by atoms with Crippen LogP contribution in [0.4, 0.5) is 5.69 Å². The van der Waals surface area contributed by atoms with Gasteiger partial charge in [-0.05, 0) is 48.0 Å². The van der Waals surface area contributed by atoms with Crippen LogP contribution in [0.3, 0.4) is 0 Å². The molecule has 0 saturated heterocycles. The smallest absolute Gasteiger partial charge is 0.0642 e. The summed E-state index contributed by atoms with van der Waals surface area (Å²) in [5, 5.41) is 3.30. The lowest BCUT2D eigenvalue weighted by atomic mass is 10.3. The number of hydrogen-bond acceptors (Lipinski definition) is 2. The van der Waals surface area contributed by atoms with E-state index in [2.05, 4.69) is 37.2 Å². The number of nitrogens with one attached hydrogen (secondary N) is 1. The molecule has 0 amide bonds. The van der Waals surface area contributed by atoms with Crippen LogP contribution in [-0.4, -0.2) is 19.3 Å². The summed E-state index contributed by atoms with van der Waals surface area (Å²) >= 11 is 6.91. The lowest BCUT2D eigenvalue weighted by Gasteiger charge is -2.10. The summed E-state index contributed by atoms with van der Waals surface area (Å²) in [4.78, 5) is 0. The molecule has 15 heavy (non-hydrogen) atoms. The Hall–Kier alpha value is -0.0600. The molecular weight excluding hydrogens is 322 g/mol. The van der Waals surface area contributed by atoms with E-state index in [1.54, 1.807) is 0 Å². The Morgan fingerprint density at radius 3 is 2.67 bits per heavy atom. The lowest BCUT2D eigenvalue weighted by molar-refractivity contribution is 0.0870. The SMILES string of the molecule is CC(C)OCCNc1ccc(Br)cc1Br. The Morgan fingerprint density at radius 1 is 1.33 bits per heavy atom. The van der Waals surface area contributed by atoms with Crippen LogP contribution in [-0.2, 0) is 4.74 Å². The molecule has 1 rings (SSSR count). The van der Waals surface area contributed by atoms with E-state index in [0.29, 0.717) is 6.10 Å². The van der Waals surface area contributed by atoms with Crippen molar-refractivity contribution in [1.29, 1.82) is 0 Å². The summed E-state index contributed by atoms with van der Waals surface area (Å²) in [5.41, 5.74) is 1.09. The summed E-state index contributed by atoms with van der Waals surface area (Å²) in [7, 11) is 0. The van der Waals surface area contributed by atoms with Gasteiger partial charge in [-0.2, -0.15) is 0 Å². The van der Waals surface area contributed by atoms with E-state index in [1.807, 2.05) is 32.0 Å². The van der Waals surface area contributed by atoms with Crippen LogP contribution in [0.15, 0.2) is 27.1 Å². The minimum absolute atomic E-state index is 0.292. The van der Waals surface area contributed by atoms with Gasteiger partial charge in [0.1, 0.15) is 0 Å². The highest BCUT2D eigenvalue weighted by molar-refractivity contribution is 9.11. The predicted molar refractivity (Wildman–Crippen MR) is 71.4 cm³/mol. The second-order valence-electron chi connectivity index (χ2n) is 3.47. The second-order valence-corrected chi connectivity index (χ2v) is 5.24. The number of anilines is 1. The highest BCUT2D eigenvalue weighted by Gasteiger charge is 1.99. The molecular formula is C11H15Br2NO. The first-order chi connectivity index (χ1) is 7.09. The van der Waals surface area contributed by atoms with Gasteiger partial charge in [0.25, 0.3) is 0 Å². The van der Waals surface area contributed by atoms with Crippen molar-refractivity contribution in [3.05, 3.63) is 27.1 Å². The zero-order valence-electron chi connectivity index (χ0n) is 8.89. The van der Waals surface area contributed by atoms with Crippen molar-refractivity contribution in [2.24, 2.45) is 0 Å². The molecule has 84 valence electrons. The Balaban J connectivity index is 2.37. The quantitative estimate of drug-likeness (QED) is 0.819. The fourth-order valence-corrected chi connectivity index (χ4v) is 2.30. The maximum absolute atomic E-state index is 5.44. The van der Waals surface area contributed by atoms with E-state index in [-0.39, 0.29) is 0 Å². The first-order valence-electron chi connectivity index (χ1n) is 4.90. The number of benzene rings is 1. The van der Waals surface area contributed by atoms with Crippen LogP contribution in [0.25, 0.3) is 0 Å². The summed E-state index contributed by atoms with van der Waals surface area (Å²) in [6.07, 6.45) is 0.292. The maximum atomic E-state index is 5.44. The van der Waals surface area contributed by atoms with Gasteiger partial charge < -0.3 is 10.1 Å². The molecule has 0 bridgehead atoms. The Labute approximate surface area is 108 Å². The van der Waals surface area contributed by atoms with Crippen LogP contribution in [0.5, 0.6) is 0 Å². The molecule has 0 atom stereocenters. The fourth-order valence-electron chi connectivity index (χ4n) is 1.11. The molecule has 0 aliphatic carbocycles. The van der Waals surface area contributed by atoms with Crippen molar-refractivity contribution in [2.45, 2.75) is 20.0 Å². The Kier molecular flexibility index (Phi) is 5.64. The minimum Gasteiger partial charge on any atom is -0.382 e. The molecule has 0 fully saturated rings. The van der Waals surface area contributed by atoms with E-state index in [4.69, 9.17) is 4.74 Å². The van der Waals surface area contributed by atoms with Crippen molar-refractivity contribution in [3.8, 4) is 0 Å². The third-order valence-electron chi connectivity index (χ3n) is 1.80. The van der Waals surface area contributed by atoms with Crippen LogP contribution in [0.2, 0.25) is 0 Å². The summed E-state index contributed by atoms with van der Waals surface area (Å²) in [6, 6.07) is 6.06. The Morgan fingerprint density at radius 2 is 2.07 bits per heavy atom. The van der Waals surface area contributed by atoms with Crippen LogP contribution in [0, 0.1) is 0 Å². The molecule has 1 N–H and O–H groups in total. The summed E-state index contributed by atoms with van der Waals surface area (Å²) < 4.78 is 7.56. The van der Waals surface area contributed by atoms with E-state index in [9.17, 15) is 0 Å². The molecule has 1 aromatic rings. The van der Waals surface area contributed by atoms with Gasteiger partial charge in [-0.15, -0.1) is 0 Å². The van der Waals surface area contributed by atoms with E-state index < -0.39 is 0 Å². The first kappa shape index (κ1) is 13.0. The maximum Gasteiger partial charge on any atom is 0.0642 e. The normalized spacial score (nSPS) is 10.7. The Bertz CT molecular complexity index is 315. The van der Waals surface area contributed by atoms with E-state index in [1.165, 1.54) is 0 Å². The number of hydrogen-bond donors (Lipinski definition) is 1. The van der Waals surface area contributed by atoms with Gasteiger partial charge >= 0.3 is 0 Å². The van der Waals surface area contributed by atoms with Gasteiger partial charge in [0.2, 0.25) is 0 Å². The zero-order valence-corrected chi connectivity index (χ0v) is 12.1. The van der Waals surface area contributed by atoms with E-state index >= 15 is 0 Å². The standard InChI is InChI=1S/C11H15Br2NO/c1-8(2)15-6-5-14-11-4-3-9(12)7-10(11)13/h3-4,7-8,14H,5-6H2,1-2H3. The topological polar surface area (TPSA) is 21.3 Å². The molecule has 0 spiro atoms. The third-order valence-corrected chi connectivity index (χ3v) is 2.95. The monoisotopic (exact) mass is 335 g/mol. The van der Waals surface area contributed by atoms with Crippen LogP contribution < -0.4 is 5.32 Å². The number of ether oxygens (including phenoxy) is 1. The second kappa shape index (κ2) is 6.51. The molecule has 1 aromatic carbocycles. The van der Waals surface area contributed by atoms with Crippen molar-refractivity contribution >= 4 is 37.5 Å². The number of halogens is 2. The van der Waals surface area contributed by atoms with Crippen LogP contribution in [0.1, 0.15) is 13.8 Å². The fraction of sp³-hybridized carbons (Fsp3) is 0.455.